The Morgan fingerprint density at radius 3 is 2.00 bits per heavy atom. The van der Waals surface area contributed by atoms with Gasteiger partial charge in [0.15, 0.2) is 11.5 Å². The minimum atomic E-state index is -0.474. The number of nitrogens with zero attached hydrogens (tertiary/aromatic N) is 1. The summed E-state index contributed by atoms with van der Waals surface area (Å²) in [7, 11) is 3.31. The molecule has 0 saturated heterocycles. The van der Waals surface area contributed by atoms with Crippen molar-refractivity contribution in [2.24, 2.45) is 0 Å². The summed E-state index contributed by atoms with van der Waals surface area (Å²) in [5, 5.41) is 15.4. The SMILES string of the molecule is COc1cc2c(cc1OC)C(CCCC(CCCC(=O)CCc1ccc(F)cc1)(c1ccccc1)c1ccccc1)(Cc1ccc([N+](=O)[O-])cc1)NCC2. The molecule has 7 nitrogen and oxygen atoms in total. The molecule has 280 valence electrons. The first kappa shape index (κ1) is 38.4. The second-order valence-corrected chi connectivity index (χ2v) is 14.4. The van der Waals surface area contributed by atoms with E-state index >= 15 is 0 Å². The maximum atomic E-state index is 13.4. The van der Waals surface area contributed by atoms with E-state index in [-0.39, 0.29) is 27.6 Å². The molecule has 8 heteroatoms. The Labute approximate surface area is 317 Å². The molecule has 0 aliphatic carbocycles. The lowest BCUT2D eigenvalue weighted by Crippen LogP contribution is -2.49. The van der Waals surface area contributed by atoms with Crippen LogP contribution in [-0.4, -0.2) is 31.5 Å². The lowest BCUT2D eigenvalue weighted by atomic mass is 9.66. The van der Waals surface area contributed by atoms with Crippen molar-refractivity contribution in [1.29, 1.82) is 0 Å². The number of carbonyl (C=O) groups is 1. The average molecular weight is 729 g/mol. The molecule has 0 fully saturated rings. The highest BCUT2D eigenvalue weighted by atomic mass is 19.1. The number of benzene rings is 5. The van der Waals surface area contributed by atoms with Crippen LogP contribution in [0.1, 0.15) is 78.3 Å². The zero-order valence-electron chi connectivity index (χ0n) is 31.2. The number of ether oxygens (including phenoxy) is 2. The van der Waals surface area contributed by atoms with Crippen LogP contribution in [0, 0.1) is 15.9 Å². The number of ketones is 1. The van der Waals surface area contributed by atoms with Gasteiger partial charge in [-0.3, -0.25) is 14.9 Å². The van der Waals surface area contributed by atoms with Gasteiger partial charge < -0.3 is 14.8 Å². The Hall–Kier alpha value is -5.34. The van der Waals surface area contributed by atoms with Crippen molar-refractivity contribution < 1.29 is 23.6 Å². The standard InChI is InChI=1S/C46H49FN2O5/c1-53-43-31-36-26-30-48-46(42(36)32-44(43)54-2,33-35-18-23-40(24-19-35)49(51)52)29-10-28-45(37-11-5-3-6-12-37,38-13-7-4-8-14-38)27-9-15-41(50)25-20-34-16-21-39(47)22-17-34/h3-8,11-14,16-19,21-24,31-32,48H,9-10,15,20,25-30,33H2,1-2H3. The highest BCUT2D eigenvalue weighted by molar-refractivity contribution is 5.78. The molecule has 1 unspecified atom stereocenters. The number of carbonyl (C=O) groups excluding carboxylic acids is 1. The molecule has 1 aliphatic heterocycles. The largest absolute Gasteiger partial charge is 0.493 e. The van der Waals surface area contributed by atoms with E-state index in [1.54, 1.807) is 38.5 Å². The van der Waals surface area contributed by atoms with Crippen LogP contribution in [-0.2, 0) is 35.0 Å². The van der Waals surface area contributed by atoms with Gasteiger partial charge in [-0.25, -0.2) is 4.39 Å². The molecule has 0 aromatic heterocycles. The second kappa shape index (κ2) is 17.7. The molecule has 0 amide bonds. The van der Waals surface area contributed by atoms with Gasteiger partial charge in [0.25, 0.3) is 5.69 Å². The van der Waals surface area contributed by atoms with E-state index in [4.69, 9.17) is 9.47 Å². The number of rotatable bonds is 18. The van der Waals surface area contributed by atoms with Crippen LogP contribution in [0.2, 0.25) is 0 Å². The molecule has 0 radical (unpaired) electrons. The average Bonchev–Trinajstić information content (AvgIpc) is 3.20. The van der Waals surface area contributed by atoms with Crippen molar-refractivity contribution in [3.63, 3.8) is 0 Å². The Kier molecular flexibility index (Phi) is 12.6. The van der Waals surface area contributed by atoms with Gasteiger partial charge in [-0.15, -0.1) is 0 Å². The van der Waals surface area contributed by atoms with Gasteiger partial charge in [0.05, 0.1) is 19.1 Å². The van der Waals surface area contributed by atoms with E-state index < -0.39 is 5.54 Å². The van der Waals surface area contributed by atoms with E-state index in [1.807, 2.05) is 24.3 Å². The number of nitro benzene ring substituents is 1. The van der Waals surface area contributed by atoms with E-state index in [0.717, 1.165) is 61.8 Å². The third-order valence-corrected chi connectivity index (χ3v) is 11.2. The summed E-state index contributed by atoms with van der Waals surface area (Å²) in [5.41, 5.74) is 6.02. The fraction of sp³-hybridized carbons (Fsp3) is 0.326. The van der Waals surface area contributed by atoms with Crippen LogP contribution in [0.15, 0.2) is 121 Å². The number of Topliss-reactive ketones (excluding diaryl/α,β-unsaturated/α-hetero) is 1. The number of methoxy groups -OCH3 is 2. The fourth-order valence-electron chi connectivity index (χ4n) is 8.38. The molecule has 6 rings (SSSR count). The predicted octanol–water partition coefficient (Wildman–Crippen LogP) is 9.86. The van der Waals surface area contributed by atoms with Crippen molar-refractivity contribution in [2.45, 2.75) is 75.2 Å². The first-order valence-corrected chi connectivity index (χ1v) is 18.9. The molecule has 1 N–H and O–H groups in total. The molecular weight excluding hydrogens is 680 g/mol. The summed E-state index contributed by atoms with van der Waals surface area (Å²) in [6.45, 7) is 0.776. The van der Waals surface area contributed by atoms with E-state index in [1.165, 1.54) is 28.8 Å². The van der Waals surface area contributed by atoms with Gasteiger partial charge in [0.2, 0.25) is 0 Å². The molecule has 54 heavy (non-hydrogen) atoms. The Balaban J connectivity index is 1.30. The number of hydrogen-bond donors (Lipinski definition) is 1. The predicted molar refractivity (Wildman–Crippen MR) is 211 cm³/mol. The summed E-state index contributed by atoms with van der Waals surface area (Å²) < 4.78 is 24.9. The van der Waals surface area contributed by atoms with Gasteiger partial charge in [-0.2, -0.15) is 0 Å². The second-order valence-electron chi connectivity index (χ2n) is 14.4. The highest BCUT2D eigenvalue weighted by Gasteiger charge is 2.40. The fourth-order valence-corrected chi connectivity index (χ4v) is 8.38. The van der Waals surface area contributed by atoms with Crippen LogP contribution in [0.4, 0.5) is 10.1 Å². The maximum Gasteiger partial charge on any atom is 0.269 e. The number of non-ortho nitro benzene ring substituents is 1. The molecule has 5 aromatic rings. The summed E-state index contributed by atoms with van der Waals surface area (Å²) in [6, 6.07) is 38.8. The first-order valence-electron chi connectivity index (χ1n) is 18.9. The van der Waals surface area contributed by atoms with Crippen molar-refractivity contribution in [3.8, 4) is 11.5 Å². The van der Waals surface area contributed by atoms with Crippen molar-refractivity contribution >= 4 is 11.5 Å². The Morgan fingerprint density at radius 2 is 1.39 bits per heavy atom. The Bertz CT molecular complexity index is 1960. The molecular formula is C46H49FN2O5. The Morgan fingerprint density at radius 1 is 0.796 bits per heavy atom. The molecule has 1 atom stereocenters. The first-order chi connectivity index (χ1) is 26.2. The van der Waals surface area contributed by atoms with E-state index in [2.05, 4.69) is 66.0 Å². The van der Waals surface area contributed by atoms with Crippen LogP contribution < -0.4 is 14.8 Å². The normalized spacial score (nSPS) is 15.3. The molecule has 0 spiro atoms. The monoisotopic (exact) mass is 728 g/mol. The molecule has 1 aliphatic rings. The minimum absolute atomic E-state index is 0.0700. The maximum absolute atomic E-state index is 13.4. The van der Waals surface area contributed by atoms with Gasteiger partial charge in [-0.1, -0.05) is 91.3 Å². The van der Waals surface area contributed by atoms with Gasteiger partial charge in [0, 0.05) is 42.5 Å². The van der Waals surface area contributed by atoms with Gasteiger partial charge in [-0.05, 0) is 103 Å². The number of fused-ring (bicyclic) bond motifs is 1. The summed E-state index contributed by atoms with van der Waals surface area (Å²) in [5.74, 6) is 1.30. The van der Waals surface area contributed by atoms with E-state index in [0.29, 0.717) is 37.2 Å². The number of nitro groups is 1. The molecule has 1 heterocycles. The van der Waals surface area contributed by atoms with Gasteiger partial charge in [0.1, 0.15) is 11.6 Å². The van der Waals surface area contributed by atoms with Crippen molar-refractivity contribution in [3.05, 3.63) is 171 Å². The topological polar surface area (TPSA) is 90.7 Å². The van der Waals surface area contributed by atoms with Crippen LogP contribution in [0.3, 0.4) is 0 Å². The summed E-state index contributed by atoms with van der Waals surface area (Å²) in [6.07, 6.45) is 7.01. The number of halogens is 1. The lowest BCUT2D eigenvalue weighted by Gasteiger charge is -2.43. The lowest BCUT2D eigenvalue weighted by molar-refractivity contribution is -0.384. The minimum Gasteiger partial charge on any atom is -0.493 e. The third-order valence-electron chi connectivity index (χ3n) is 11.2. The zero-order chi connectivity index (χ0) is 38.0. The highest BCUT2D eigenvalue weighted by Crippen LogP contribution is 2.46. The summed E-state index contributed by atoms with van der Waals surface area (Å²) in [4.78, 5) is 24.3. The quantitative estimate of drug-likeness (QED) is 0.0714. The van der Waals surface area contributed by atoms with Crippen LogP contribution in [0.25, 0.3) is 0 Å². The van der Waals surface area contributed by atoms with Crippen LogP contribution >= 0.6 is 0 Å². The number of nitrogens with one attached hydrogen (secondary N) is 1. The molecule has 0 saturated carbocycles. The van der Waals surface area contributed by atoms with Crippen molar-refractivity contribution in [2.75, 3.05) is 20.8 Å². The van der Waals surface area contributed by atoms with E-state index in [9.17, 15) is 19.3 Å². The van der Waals surface area contributed by atoms with Crippen LogP contribution in [0.5, 0.6) is 11.5 Å². The smallest absolute Gasteiger partial charge is 0.269 e. The molecule has 0 bridgehead atoms. The van der Waals surface area contributed by atoms with Crippen molar-refractivity contribution in [1.82, 2.24) is 5.32 Å². The number of hydrogen-bond acceptors (Lipinski definition) is 6. The third kappa shape index (κ3) is 8.88. The molecule has 5 aromatic carbocycles. The number of aryl methyl sites for hydroxylation is 1. The zero-order valence-corrected chi connectivity index (χ0v) is 31.2. The summed E-state index contributed by atoms with van der Waals surface area (Å²) >= 11 is 0. The van der Waals surface area contributed by atoms with Gasteiger partial charge >= 0.3 is 0 Å².